The first-order valence-electron chi connectivity index (χ1n) is 6.65. The van der Waals surface area contributed by atoms with E-state index in [2.05, 4.69) is 4.74 Å². The van der Waals surface area contributed by atoms with Gasteiger partial charge < -0.3 is 9.64 Å². The first-order chi connectivity index (χ1) is 9.56. The molecule has 0 spiro atoms. The summed E-state index contributed by atoms with van der Waals surface area (Å²) in [6.07, 6.45) is 1.21. The van der Waals surface area contributed by atoms with Gasteiger partial charge >= 0.3 is 5.97 Å². The summed E-state index contributed by atoms with van der Waals surface area (Å²) < 4.78 is 17.4. The second-order valence-electron chi connectivity index (χ2n) is 4.51. The Morgan fingerprint density at radius 2 is 1.85 bits per heavy atom. The van der Waals surface area contributed by atoms with Crippen LogP contribution in [0.4, 0.5) is 4.39 Å². The van der Waals surface area contributed by atoms with E-state index in [-0.39, 0.29) is 30.5 Å². The van der Waals surface area contributed by atoms with Gasteiger partial charge in [0.1, 0.15) is 5.82 Å². The molecular formula is C15H20FNO3. The monoisotopic (exact) mass is 281 g/mol. The minimum Gasteiger partial charge on any atom is -0.469 e. The number of rotatable bonds is 7. The summed E-state index contributed by atoms with van der Waals surface area (Å²) in [7, 11) is 1.33. The predicted molar refractivity (Wildman–Crippen MR) is 73.6 cm³/mol. The Labute approximate surface area is 118 Å². The van der Waals surface area contributed by atoms with Crippen molar-refractivity contribution in [2.75, 3.05) is 20.2 Å². The molecule has 0 aromatic heterocycles. The normalized spacial score (nSPS) is 10.2. The van der Waals surface area contributed by atoms with E-state index in [1.165, 1.54) is 19.2 Å². The lowest BCUT2D eigenvalue weighted by molar-refractivity contribution is -0.141. The average molecular weight is 281 g/mol. The van der Waals surface area contributed by atoms with Gasteiger partial charge in [0.25, 0.3) is 0 Å². The number of hydrogen-bond acceptors (Lipinski definition) is 3. The molecule has 0 bridgehead atoms. The Balaban J connectivity index is 2.58. The van der Waals surface area contributed by atoms with E-state index in [1.807, 2.05) is 6.92 Å². The number of carbonyl (C=O) groups is 2. The van der Waals surface area contributed by atoms with Crippen molar-refractivity contribution < 1.29 is 18.7 Å². The highest BCUT2D eigenvalue weighted by atomic mass is 19.1. The summed E-state index contributed by atoms with van der Waals surface area (Å²) in [5.74, 6) is -0.722. The summed E-state index contributed by atoms with van der Waals surface area (Å²) in [6, 6.07) is 5.86. The smallest absolute Gasteiger partial charge is 0.307 e. The van der Waals surface area contributed by atoms with Gasteiger partial charge in [-0.1, -0.05) is 19.1 Å². The van der Waals surface area contributed by atoms with Crippen molar-refractivity contribution in [3.05, 3.63) is 35.6 Å². The molecule has 0 saturated carbocycles. The molecule has 0 saturated heterocycles. The van der Waals surface area contributed by atoms with E-state index in [1.54, 1.807) is 17.0 Å². The van der Waals surface area contributed by atoms with E-state index in [9.17, 15) is 14.0 Å². The maximum absolute atomic E-state index is 12.8. The van der Waals surface area contributed by atoms with Crippen molar-refractivity contribution >= 4 is 11.9 Å². The van der Waals surface area contributed by atoms with Crippen molar-refractivity contribution in [3.63, 3.8) is 0 Å². The Bertz CT molecular complexity index is 445. The van der Waals surface area contributed by atoms with Crippen LogP contribution in [0, 0.1) is 5.82 Å². The van der Waals surface area contributed by atoms with Crippen molar-refractivity contribution in [1.82, 2.24) is 4.90 Å². The third-order valence-corrected chi connectivity index (χ3v) is 2.93. The highest BCUT2D eigenvalue weighted by Crippen LogP contribution is 2.07. The minimum atomic E-state index is -0.333. The number of amides is 1. The predicted octanol–water partition coefficient (Wildman–Crippen LogP) is 2.17. The Morgan fingerprint density at radius 1 is 1.20 bits per heavy atom. The van der Waals surface area contributed by atoms with Gasteiger partial charge in [0.2, 0.25) is 5.91 Å². The number of halogens is 1. The molecule has 0 fully saturated rings. The molecule has 0 heterocycles. The van der Waals surface area contributed by atoms with E-state index < -0.39 is 0 Å². The van der Waals surface area contributed by atoms with Crippen LogP contribution in [0.1, 0.15) is 25.3 Å². The van der Waals surface area contributed by atoms with Crippen molar-refractivity contribution in [2.24, 2.45) is 0 Å². The summed E-state index contributed by atoms with van der Waals surface area (Å²) in [4.78, 5) is 24.9. The third-order valence-electron chi connectivity index (χ3n) is 2.93. The van der Waals surface area contributed by atoms with Crippen LogP contribution in [0.25, 0.3) is 0 Å². The van der Waals surface area contributed by atoms with Crippen LogP contribution in [0.3, 0.4) is 0 Å². The number of esters is 1. The molecule has 1 amide bonds. The molecule has 1 aromatic rings. The van der Waals surface area contributed by atoms with Crippen LogP contribution in [0.2, 0.25) is 0 Å². The summed E-state index contributed by atoms with van der Waals surface area (Å²) in [5, 5.41) is 0. The molecule has 0 radical (unpaired) electrons. The molecule has 0 atom stereocenters. The Hall–Kier alpha value is -1.91. The molecule has 0 N–H and O–H groups in total. The molecule has 0 aliphatic carbocycles. The zero-order valence-electron chi connectivity index (χ0n) is 11.9. The highest BCUT2D eigenvalue weighted by molar-refractivity contribution is 5.79. The summed E-state index contributed by atoms with van der Waals surface area (Å²) in [5.41, 5.74) is 0.760. The lowest BCUT2D eigenvalue weighted by Gasteiger charge is -2.21. The van der Waals surface area contributed by atoms with Crippen LogP contribution >= 0.6 is 0 Å². The van der Waals surface area contributed by atoms with Gasteiger partial charge in [-0.25, -0.2) is 4.39 Å². The average Bonchev–Trinajstić information content (AvgIpc) is 2.45. The van der Waals surface area contributed by atoms with Gasteiger partial charge in [0.05, 0.1) is 20.0 Å². The van der Waals surface area contributed by atoms with Gasteiger partial charge in [0.15, 0.2) is 0 Å². The van der Waals surface area contributed by atoms with Crippen LogP contribution in [0.5, 0.6) is 0 Å². The molecule has 0 unspecified atom stereocenters. The molecule has 0 aliphatic rings. The molecule has 110 valence electrons. The SMILES string of the molecule is CCCN(CCC(=O)OC)C(=O)Cc1ccc(F)cc1. The molecule has 4 nitrogen and oxygen atoms in total. The van der Waals surface area contributed by atoms with Crippen LogP contribution in [-0.2, 0) is 20.7 Å². The fourth-order valence-corrected chi connectivity index (χ4v) is 1.85. The fraction of sp³-hybridized carbons (Fsp3) is 0.467. The third kappa shape index (κ3) is 5.38. The first-order valence-corrected chi connectivity index (χ1v) is 6.65. The number of ether oxygens (including phenoxy) is 1. The lowest BCUT2D eigenvalue weighted by atomic mass is 10.1. The minimum absolute atomic E-state index is 0.0673. The zero-order valence-corrected chi connectivity index (χ0v) is 11.9. The van der Waals surface area contributed by atoms with Gasteiger partial charge in [-0.05, 0) is 24.1 Å². The highest BCUT2D eigenvalue weighted by Gasteiger charge is 2.15. The molecule has 1 rings (SSSR count). The number of benzene rings is 1. The van der Waals surface area contributed by atoms with E-state index in [0.717, 1.165) is 12.0 Å². The van der Waals surface area contributed by atoms with Crippen LogP contribution < -0.4 is 0 Å². The first kappa shape index (κ1) is 16.1. The largest absolute Gasteiger partial charge is 0.469 e. The Morgan fingerprint density at radius 3 is 2.40 bits per heavy atom. The second kappa shape index (κ2) is 8.30. The maximum Gasteiger partial charge on any atom is 0.307 e. The molecule has 20 heavy (non-hydrogen) atoms. The van der Waals surface area contributed by atoms with E-state index in [4.69, 9.17) is 0 Å². The molecular weight excluding hydrogens is 261 g/mol. The summed E-state index contributed by atoms with van der Waals surface area (Å²) in [6.45, 7) is 2.91. The standard InChI is InChI=1S/C15H20FNO3/c1-3-9-17(10-8-15(19)20-2)14(18)11-12-4-6-13(16)7-5-12/h4-7H,3,8-11H2,1-2H3. The van der Waals surface area contributed by atoms with Crippen molar-refractivity contribution in [3.8, 4) is 0 Å². The summed E-state index contributed by atoms with van der Waals surface area (Å²) >= 11 is 0. The number of methoxy groups -OCH3 is 1. The van der Waals surface area contributed by atoms with Crippen molar-refractivity contribution in [2.45, 2.75) is 26.2 Å². The van der Waals surface area contributed by atoms with E-state index in [0.29, 0.717) is 13.1 Å². The molecule has 0 aliphatic heterocycles. The molecule has 5 heteroatoms. The van der Waals surface area contributed by atoms with Gasteiger partial charge in [-0.15, -0.1) is 0 Å². The topological polar surface area (TPSA) is 46.6 Å². The number of nitrogens with zero attached hydrogens (tertiary/aromatic N) is 1. The van der Waals surface area contributed by atoms with Gasteiger partial charge in [-0.3, -0.25) is 9.59 Å². The van der Waals surface area contributed by atoms with Crippen molar-refractivity contribution in [1.29, 1.82) is 0 Å². The molecule has 1 aromatic carbocycles. The quantitative estimate of drug-likeness (QED) is 0.720. The van der Waals surface area contributed by atoms with Gasteiger partial charge in [-0.2, -0.15) is 0 Å². The van der Waals surface area contributed by atoms with Gasteiger partial charge in [0, 0.05) is 13.1 Å². The van der Waals surface area contributed by atoms with E-state index >= 15 is 0 Å². The Kier molecular flexibility index (Phi) is 6.70. The number of hydrogen-bond donors (Lipinski definition) is 0. The number of carbonyl (C=O) groups excluding carboxylic acids is 2. The lowest BCUT2D eigenvalue weighted by Crippen LogP contribution is -2.35. The fourth-order valence-electron chi connectivity index (χ4n) is 1.85. The van der Waals surface area contributed by atoms with Crippen LogP contribution in [-0.4, -0.2) is 37.0 Å². The maximum atomic E-state index is 12.8. The second-order valence-corrected chi connectivity index (χ2v) is 4.51. The zero-order chi connectivity index (χ0) is 15.0. The van der Waals surface area contributed by atoms with Crippen LogP contribution in [0.15, 0.2) is 24.3 Å².